The molecule has 0 aliphatic heterocycles. The van der Waals surface area contributed by atoms with E-state index in [0.717, 1.165) is 10.8 Å². The Labute approximate surface area is 188 Å². The Morgan fingerprint density at radius 3 is 2.31 bits per heavy atom. The lowest BCUT2D eigenvalue weighted by Crippen LogP contribution is -2.17. The van der Waals surface area contributed by atoms with Crippen molar-refractivity contribution >= 4 is 40.5 Å². The normalized spacial score (nSPS) is 10.9. The average Bonchev–Trinajstić information content (AvgIpc) is 2.81. The van der Waals surface area contributed by atoms with Crippen molar-refractivity contribution in [3.63, 3.8) is 0 Å². The third-order valence-electron chi connectivity index (χ3n) is 4.70. The van der Waals surface area contributed by atoms with Crippen molar-refractivity contribution in [2.24, 2.45) is 5.10 Å². The largest absolute Gasteiger partial charge is 0.508 e. The van der Waals surface area contributed by atoms with Gasteiger partial charge in [0, 0.05) is 16.1 Å². The zero-order chi connectivity index (χ0) is 22.5. The number of hydrogen-bond donors (Lipinski definition) is 2. The van der Waals surface area contributed by atoms with Crippen LogP contribution in [0.4, 0.5) is 0 Å². The summed E-state index contributed by atoms with van der Waals surface area (Å²) in [6.07, 6.45) is 1.44. The molecule has 6 nitrogen and oxygen atoms in total. The molecule has 0 unspecified atom stereocenters. The predicted octanol–water partition coefficient (Wildman–Crippen LogP) is 5.18. The minimum absolute atomic E-state index is 0.0629. The highest BCUT2D eigenvalue weighted by atomic mass is 35.5. The maximum atomic E-state index is 12.6. The second-order valence-corrected chi connectivity index (χ2v) is 7.28. The van der Waals surface area contributed by atoms with Crippen molar-refractivity contribution in [2.75, 3.05) is 0 Å². The first-order valence-corrected chi connectivity index (χ1v) is 10.0. The third kappa shape index (κ3) is 4.77. The minimum Gasteiger partial charge on any atom is -0.508 e. The Kier molecular flexibility index (Phi) is 6.14. The van der Waals surface area contributed by atoms with E-state index in [4.69, 9.17) is 16.3 Å². The Hall–Kier alpha value is -4.16. The molecule has 0 aliphatic carbocycles. The zero-order valence-electron chi connectivity index (χ0n) is 16.7. The molecule has 0 spiro atoms. The van der Waals surface area contributed by atoms with Crippen LogP contribution in [0.5, 0.6) is 11.5 Å². The monoisotopic (exact) mass is 444 g/mol. The number of fused-ring (bicyclic) bond motifs is 1. The Balaban J connectivity index is 1.62. The molecule has 0 saturated heterocycles. The summed E-state index contributed by atoms with van der Waals surface area (Å²) in [6.45, 7) is 0. The van der Waals surface area contributed by atoms with Crippen LogP contribution in [0.1, 0.15) is 26.3 Å². The van der Waals surface area contributed by atoms with Gasteiger partial charge in [0.1, 0.15) is 11.5 Å². The Morgan fingerprint density at radius 1 is 0.875 bits per heavy atom. The number of halogens is 1. The van der Waals surface area contributed by atoms with Crippen molar-refractivity contribution in [1.29, 1.82) is 0 Å². The molecule has 4 aromatic rings. The molecule has 4 aromatic carbocycles. The lowest BCUT2D eigenvalue weighted by molar-refractivity contribution is 0.0734. The number of ether oxygens (including phenoxy) is 1. The van der Waals surface area contributed by atoms with E-state index >= 15 is 0 Å². The summed E-state index contributed by atoms with van der Waals surface area (Å²) in [5.41, 5.74) is 3.68. The van der Waals surface area contributed by atoms with E-state index in [1.54, 1.807) is 30.3 Å². The molecular weight excluding hydrogens is 428 g/mol. The van der Waals surface area contributed by atoms with Gasteiger partial charge in [0.25, 0.3) is 5.91 Å². The van der Waals surface area contributed by atoms with Crippen molar-refractivity contribution in [3.05, 3.63) is 107 Å². The number of amides is 1. The lowest BCUT2D eigenvalue weighted by atomic mass is 10.0. The number of benzene rings is 4. The highest BCUT2D eigenvalue weighted by Crippen LogP contribution is 2.27. The molecule has 0 aliphatic rings. The van der Waals surface area contributed by atoms with Gasteiger partial charge < -0.3 is 9.84 Å². The molecule has 0 atom stereocenters. The molecule has 0 bridgehead atoms. The van der Waals surface area contributed by atoms with E-state index < -0.39 is 11.9 Å². The number of nitrogens with one attached hydrogen (secondary N) is 1. The van der Waals surface area contributed by atoms with Gasteiger partial charge in [0.2, 0.25) is 0 Å². The third-order valence-corrected chi connectivity index (χ3v) is 4.95. The highest BCUT2D eigenvalue weighted by molar-refractivity contribution is 6.30. The zero-order valence-corrected chi connectivity index (χ0v) is 17.4. The van der Waals surface area contributed by atoms with Gasteiger partial charge in [0.15, 0.2) is 0 Å². The van der Waals surface area contributed by atoms with E-state index in [0.29, 0.717) is 27.5 Å². The lowest BCUT2D eigenvalue weighted by Gasteiger charge is -2.10. The van der Waals surface area contributed by atoms with Gasteiger partial charge in [-0.3, -0.25) is 4.79 Å². The molecule has 0 radical (unpaired) electrons. The minimum atomic E-state index is -0.542. The first-order valence-electron chi connectivity index (χ1n) is 9.63. The maximum absolute atomic E-state index is 12.6. The molecule has 0 heterocycles. The van der Waals surface area contributed by atoms with Gasteiger partial charge in [-0.25, -0.2) is 10.2 Å². The van der Waals surface area contributed by atoms with E-state index in [1.807, 2.05) is 30.3 Å². The van der Waals surface area contributed by atoms with E-state index in [1.165, 1.54) is 30.5 Å². The number of carbonyl (C=O) groups is 2. The van der Waals surface area contributed by atoms with Crippen LogP contribution in [0, 0.1) is 0 Å². The van der Waals surface area contributed by atoms with Crippen molar-refractivity contribution in [3.8, 4) is 11.5 Å². The number of phenolic OH excluding ortho intramolecular Hbond substituents is 1. The average molecular weight is 445 g/mol. The summed E-state index contributed by atoms with van der Waals surface area (Å²) < 4.78 is 5.62. The molecule has 158 valence electrons. The topological polar surface area (TPSA) is 88.0 Å². The SMILES string of the molecule is O=C(N/N=C/c1c(OC(=O)c2ccc(Cl)cc2)ccc2ccccc12)c1ccc(O)cc1. The van der Waals surface area contributed by atoms with Crippen LogP contribution in [0.15, 0.2) is 90.0 Å². The van der Waals surface area contributed by atoms with Crippen molar-refractivity contribution < 1.29 is 19.4 Å². The second kappa shape index (κ2) is 9.32. The molecule has 1 amide bonds. The fourth-order valence-electron chi connectivity index (χ4n) is 3.08. The number of esters is 1. The number of hydrazone groups is 1. The number of aromatic hydroxyl groups is 1. The van der Waals surface area contributed by atoms with Crippen LogP contribution in [-0.4, -0.2) is 23.2 Å². The quantitative estimate of drug-likeness (QED) is 0.192. The molecule has 32 heavy (non-hydrogen) atoms. The fourth-order valence-corrected chi connectivity index (χ4v) is 3.20. The summed E-state index contributed by atoms with van der Waals surface area (Å²) in [4.78, 5) is 24.9. The van der Waals surface area contributed by atoms with E-state index in [2.05, 4.69) is 10.5 Å². The van der Waals surface area contributed by atoms with Crippen LogP contribution < -0.4 is 10.2 Å². The summed E-state index contributed by atoms with van der Waals surface area (Å²) in [6, 6.07) is 23.3. The van der Waals surface area contributed by atoms with Gasteiger partial charge in [-0.05, 0) is 65.4 Å². The Bertz CT molecular complexity index is 1320. The molecular formula is C25H17ClN2O4. The maximum Gasteiger partial charge on any atom is 0.343 e. The van der Waals surface area contributed by atoms with Crippen LogP contribution in [0.3, 0.4) is 0 Å². The van der Waals surface area contributed by atoms with Crippen LogP contribution in [-0.2, 0) is 0 Å². The van der Waals surface area contributed by atoms with Gasteiger partial charge in [0.05, 0.1) is 11.8 Å². The summed E-state index contributed by atoms with van der Waals surface area (Å²) in [5, 5.41) is 15.6. The number of phenols is 1. The first-order chi connectivity index (χ1) is 15.5. The standard InChI is InChI=1S/C25H17ClN2O4/c26-19-10-5-18(6-11-19)25(31)32-23-14-9-16-3-1-2-4-21(16)22(23)15-27-28-24(30)17-7-12-20(29)13-8-17/h1-15,29H,(H,28,30)/b27-15+. The van der Waals surface area contributed by atoms with E-state index in [9.17, 15) is 14.7 Å². The van der Waals surface area contributed by atoms with Gasteiger partial charge >= 0.3 is 5.97 Å². The van der Waals surface area contributed by atoms with Gasteiger partial charge in [-0.2, -0.15) is 5.10 Å². The van der Waals surface area contributed by atoms with Gasteiger partial charge in [-0.1, -0.05) is 41.9 Å². The smallest absolute Gasteiger partial charge is 0.343 e. The van der Waals surface area contributed by atoms with Crippen LogP contribution in [0.25, 0.3) is 10.8 Å². The molecule has 0 fully saturated rings. The number of carbonyl (C=O) groups excluding carboxylic acids is 2. The predicted molar refractivity (Wildman–Crippen MR) is 124 cm³/mol. The van der Waals surface area contributed by atoms with E-state index in [-0.39, 0.29) is 5.75 Å². The Morgan fingerprint density at radius 2 is 1.56 bits per heavy atom. The molecule has 0 aromatic heterocycles. The summed E-state index contributed by atoms with van der Waals surface area (Å²) in [7, 11) is 0. The van der Waals surface area contributed by atoms with Gasteiger partial charge in [-0.15, -0.1) is 0 Å². The van der Waals surface area contributed by atoms with Crippen molar-refractivity contribution in [1.82, 2.24) is 5.43 Å². The summed E-state index contributed by atoms with van der Waals surface area (Å²) in [5.74, 6) is -0.625. The van der Waals surface area contributed by atoms with Crippen molar-refractivity contribution in [2.45, 2.75) is 0 Å². The first kappa shape index (κ1) is 21.1. The number of nitrogens with zero attached hydrogens (tertiary/aromatic N) is 1. The number of hydrogen-bond acceptors (Lipinski definition) is 5. The highest BCUT2D eigenvalue weighted by Gasteiger charge is 2.14. The fraction of sp³-hybridized carbons (Fsp3) is 0. The molecule has 2 N–H and O–H groups in total. The van der Waals surface area contributed by atoms with Crippen LogP contribution >= 0.6 is 11.6 Å². The molecule has 4 rings (SSSR count). The van der Waals surface area contributed by atoms with Crippen LogP contribution in [0.2, 0.25) is 5.02 Å². The molecule has 7 heteroatoms. The molecule has 0 saturated carbocycles. The second-order valence-electron chi connectivity index (χ2n) is 6.84. The summed E-state index contributed by atoms with van der Waals surface area (Å²) >= 11 is 5.89. The number of rotatable bonds is 5.